The molecule has 0 saturated heterocycles. The molecule has 0 aliphatic carbocycles. The summed E-state index contributed by atoms with van der Waals surface area (Å²) < 4.78 is 24.1. The minimum atomic E-state index is -0.818. The van der Waals surface area contributed by atoms with E-state index in [2.05, 4.69) is 43.8 Å². The normalized spacial score (nSPS) is 11.7. The van der Waals surface area contributed by atoms with Crippen molar-refractivity contribution in [2.24, 2.45) is 7.05 Å². The van der Waals surface area contributed by atoms with E-state index in [9.17, 15) is 19.8 Å². The first kappa shape index (κ1) is 25.7. The summed E-state index contributed by atoms with van der Waals surface area (Å²) in [5, 5.41) is 29.9. The van der Waals surface area contributed by atoms with Gasteiger partial charge in [-0.1, -0.05) is 6.58 Å². The van der Waals surface area contributed by atoms with Crippen molar-refractivity contribution < 1.29 is 14.1 Å². The van der Waals surface area contributed by atoms with Gasteiger partial charge in [0.25, 0.3) is 0 Å². The Balaban J connectivity index is 1.81. The Hall–Kier alpha value is -4.37. The van der Waals surface area contributed by atoms with Gasteiger partial charge < -0.3 is 14.9 Å². The van der Waals surface area contributed by atoms with Gasteiger partial charge in [-0.2, -0.15) is 15.5 Å². The van der Waals surface area contributed by atoms with E-state index in [1.807, 2.05) is 6.92 Å². The molecule has 1 atom stereocenters. The van der Waals surface area contributed by atoms with Gasteiger partial charge >= 0.3 is 5.82 Å². The SMILES string of the molecule is C=C(c1cn(CC)nc1C#N)c1cn(C)nc1-c1ccc(F)cc1[C@@H](C)Oc1cc(Br)cnc1[N+](=O)[O-]. The van der Waals surface area contributed by atoms with Crippen molar-refractivity contribution in [1.82, 2.24) is 24.5 Å². The zero-order chi connectivity index (χ0) is 26.9. The van der Waals surface area contributed by atoms with Crippen LogP contribution in [0.15, 0.2) is 53.9 Å². The molecule has 0 N–H and O–H groups in total. The topological polar surface area (TPSA) is 125 Å². The Morgan fingerprint density at radius 3 is 2.76 bits per heavy atom. The molecule has 188 valence electrons. The molecule has 0 bridgehead atoms. The number of halogens is 2. The van der Waals surface area contributed by atoms with E-state index in [1.165, 1.54) is 24.4 Å². The number of nitriles is 1. The number of benzene rings is 1. The van der Waals surface area contributed by atoms with E-state index >= 15 is 0 Å². The third-order valence-electron chi connectivity index (χ3n) is 5.65. The molecule has 0 radical (unpaired) electrons. The number of hydrogen-bond donors (Lipinski definition) is 0. The second-order valence-corrected chi connectivity index (χ2v) is 9.04. The maximum Gasteiger partial charge on any atom is 0.406 e. The van der Waals surface area contributed by atoms with Crippen LogP contribution in [0.4, 0.5) is 10.2 Å². The van der Waals surface area contributed by atoms with Crippen LogP contribution in [0.2, 0.25) is 0 Å². The lowest BCUT2D eigenvalue weighted by atomic mass is 9.93. The number of nitro groups is 1. The fraction of sp³-hybridized carbons (Fsp3) is 0.200. The third kappa shape index (κ3) is 5.12. The van der Waals surface area contributed by atoms with Crippen molar-refractivity contribution >= 4 is 27.3 Å². The minimum Gasteiger partial charge on any atom is -0.478 e. The number of rotatable bonds is 8. The summed E-state index contributed by atoms with van der Waals surface area (Å²) in [7, 11) is 1.74. The van der Waals surface area contributed by atoms with Crippen LogP contribution in [0.5, 0.6) is 5.75 Å². The summed E-state index contributed by atoms with van der Waals surface area (Å²) in [6.07, 6.45) is 3.98. The molecule has 0 saturated carbocycles. The molecule has 1 aromatic carbocycles. The first-order valence-corrected chi connectivity index (χ1v) is 11.9. The Kier molecular flexibility index (Phi) is 7.17. The van der Waals surface area contributed by atoms with Crippen LogP contribution >= 0.6 is 15.9 Å². The van der Waals surface area contributed by atoms with E-state index in [1.54, 1.807) is 41.8 Å². The van der Waals surface area contributed by atoms with Gasteiger partial charge in [0.15, 0.2) is 11.9 Å². The first-order chi connectivity index (χ1) is 17.6. The largest absolute Gasteiger partial charge is 0.478 e. The number of aryl methyl sites for hydroxylation is 2. The molecule has 12 heteroatoms. The van der Waals surface area contributed by atoms with Crippen molar-refractivity contribution in [2.75, 3.05) is 0 Å². The molecule has 10 nitrogen and oxygen atoms in total. The summed E-state index contributed by atoms with van der Waals surface area (Å²) in [4.78, 5) is 14.6. The van der Waals surface area contributed by atoms with Crippen LogP contribution in [0.1, 0.15) is 42.3 Å². The Labute approximate surface area is 219 Å². The highest BCUT2D eigenvalue weighted by molar-refractivity contribution is 9.10. The van der Waals surface area contributed by atoms with Crippen molar-refractivity contribution in [3.8, 4) is 23.1 Å². The highest BCUT2D eigenvalue weighted by atomic mass is 79.9. The number of aromatic nitrogens is 5. The van der Waals surface area contributed by atoms with Gasteiger partial charge in [0.1, 0.15) is 23.7 Å². The van der Waals surface area contributed by atoms with Gasteiger partial charge in [-0.15, -0.1) is 0 Å². The van der Waals surface area contributed by atoms with E-state index < -0.39 is 22.7 Å². The minimum absolute atomic E-state index is 0.0709. The van der Waals surface area contributed by atoms with Crippen LogP contribution in [0.3, 0.4) is 0 Å². The molecule has 4 aromatic rings. The molecule has 0 amide bonds. The zero-order valence-corrected chi connectivity index (χ0v) is 21.7. The monoisotopic (exact) mass is 565 g/mol. The van der Waals surface area contributed by atoms with Crippen LogP contribution in [-0.2, 0) is 13.6 Å². The maximum atomic E-state index is 14.4. The second kappa shape index (κ2) is 10.3. The van der Waals surface area contributed by atoms with E-state index in [0.29, 0.717) is 44.5 Å². The average Bonchev–Trinajstić information content (AvgIpc) is 3.46. The van der Waals surface area contributed by atoms with Crippen LogP contribution in [0, 0.1) is 27.3 Å². The van der Waals surface area contributed by atoms with Gasteiger partial charge in [-0.25, -0.2) is 4.39 Å². The van der Waals surface area contributed by atoms with Gasteiger partial charge in [-0.3, -0.25) is 9.36 Å². The molecule has 0 fully saturated rings. The van der Waals surface area contributed by atoms with Crippen molar-refractivity contribution in [2.45, 2.75) is 26.5 Å². The molecule has 0 spiro atoms. The number of ether oxygens (including phenoxy) is 1. The quantitative estimate of drug-likeness (QED) is 0.201. The highest BCUT2D eigenvalue weighted by Crippen LogP contribution is 2.38. The van der Waals surface area contributed by atoms with E-state index in [4.69, 9.17) is 4.74 Å². The van der Waals surface area contributed by atoms with Gasteiger partial charge in [0.05, 0.1) is 4.47 Å². The number of nitrogens with zero attached hydrogens (tertiary/aromatic N) is 7. The molecule has 3 aromatic heterocycles. The number of pyridine rings is 1. The predicted octanol–water partition coefficient (Wildman–Crippen LogP) is 5.58. The molecule has 0 unspecified atom stereocenters. The Bertz CT molecular complexity index is 1570. The predicted molar refractivity (Wildman–Crippen MR) is 137 cm³/mol. The summed E-state index contributed by atoms with van der Waals surface area (Å²) >= 11 is 3.25. The number of hydrogen-bond acceptors (Lipinski definition) is 7. The molecule has 0 aliphatic heterocycles. The summed E-state index contributed by atoms with van der Waals surface area (Å²) in [5.74, 6) is -1.04. The molecule has 3 heterocycles. The van der Waals surface area contributed by atoms with Crippen molar-refractivity contribution in [1.29, 1.82) is 5.26 Å². The van der Waals surface area contributed by atoms with E-state index in [-0.39, 0.29) is 11.4 Å². The molecular formula is C25H21BrFN7O3. The van der Waals surface area contributed by atoms with Crippen LogP contribution in [-0.4, -0.2) is 29.5 Å². The van der Waals surface area contributed by atoms with Crippen molar-refractivity contribution in [3.05, 3.63) is 92.2 Å². The standard InChI is InChI=1S/C25H21BrFN7O3/c1-5-33-13-20(22(10-28)30-33)14(2)21-12-32(4)31-24(21)18-7-6-17(27)9-19(18)15(3)37-23-8-16(26)11-29-25(23)34(35)36/h6-9,11-13,15H,2,5H2,1,3-4H3/t15-/m1/s1. The first-order valence-electron chi connectivity index (χ1n) is 11.1. The molecular weight excluding hydrogens is 545 g/mol. The van der Waals surface area contributed by atoms with Crippen LogP contribution < -0.4 is 4.74 Å². The summed E-state index contributed by atoms with van der Waals surface area (Å²) in [6, 6.07) is 7.69. The lowest BCUT2D eigenvalue weighted by Gasteiger charge is -2.18. The molecule has 37 heavy (non-hydrogen) atoms. The maximum absolute atomic E-state index is 14.4. The lowest BCUT2D eigenvalue weighted by Crippen LogP contribution is -2.08. The van der Waals surface area contributed by atoms with Gasteiger partial charge in [0, 0.05) is 54.3 Å². The average molecular weight is 566 g/mol. The lowest BCUT2D eigenvalue weighted by molar-refractivity contribution is -0.390. The molecule has 4 rings (SSSR count). The van der Waals surface area contributed by atoms with Crippen LogP contribution in [0.25, 0.3) is 16.8 Å². The fourth-order valence-corrected chi connectivity index (χ4v) is 4.23. The van der Waals surface area contributed by atoms with Gasteiger partial charge in [0.2, 0.25) is 5.75 Å². The Morgan fingerprint density at radius 1 is 1.32 bits per heavy atom. The Morgan fingerprint density at radius 2 is 2.08 bits per heavy atom. The smallest absolute Gasteiger partial charge is 0.406 e. The zero-order valence-electron chi connectivity index (χ0n) is 20.1. The van der Waals surface area contributed by atoms with Gasteiger partial charge in [-0.05, 0) is 63.5 Å². The van der Waals surface area contributed by atoms with Crippen molar-refractivity contribution in [3.63, 3.8) is 0 Å². The summed E-state index contributed by atoms with van der Waals surface area (Å²) in [6.45, 7) is 8.34. The van der Waals surface area contributed by atoms with E-state index in [0.717, 1.165) is 0 Å². The highest BCUT2D eigenvalue weighted by Gasteiger charge is 2.25. The molecule has 0 aliphatic rings. The second-order valence-electron chi connectivity index (χ2n) is 8.13. The summed E-state index contributed by atoms with van der Waals surface area (Å²) in [5.41, 5.74) is 3.35. The fourth-order valence-electron chi connectivity index (χ4n) is 3.92. The third-order valence-corrected chi connectivity index (χ3v) is 6.09.